The first-order chi connectivity index (χ1) is 14.5. The number of anilines is 1. The van der Waals surface area contributed by atoms with Crippen molar-refractivity contribution >= 4 is 39.7 Å². The van der Waals surface area contributed by atoms with Gasteiger partial charge in [-0.3, -0.25) is 4.79 Å². The minimum atomic E-state index is -0.382. The zero-order valence-corrected chi connectivity index (χ0v) is 17.8. The van der Waals surface area contributed by atoms with Crippen molar-refractivity contribution in [3.05, 3.63) is 76.5 Å². The number of nitrogens with one attached hydrogen (secondary N) is 2. The van der Waals surface area contributed by atoms with Crippen molar-refractivity contribution < 1.29 is 18.7 Å². The molecule has 0 aliphatic heterocycles. The number of amides is 1. The summed E-state index contributed by atoms with van der Waals surface area (Å²) < 4.78 is 11.7. The van der Waals surface area contributed by atoms with Crippen LogP contribution in [0, 0.1) is 0 Å². The lowest BCUT2D eigenvalue weighted by atomic mass is 10.1. The highest BCUT2D eigenvalue weighted by Gasteiger charge is 2.10. The van der Waals surface area contributed by atoms with Crippen molar-refractivity contribution in [1.82, 2.24) is 5.43 Å². The number of hydrogen-bond donors (Lipinski definition) is 2. The number of rotatable bonds is 8. The topological polar surface area (TPSA) is 92.9 Å². The highest BCUT2D eigenvalue weighted by atomic mass is 79.9. The maximum absolute atomic E-state index is 11.9. The Morgan fingerprint density at radius 2 is 1.93 bits per heavy atom. The third-order valence-electron chi connectivity index (χ3n) is 3.96. The number of hydrogen-bond acceptors (Lipinski definition) is 6. The molecule has 7 nitrogen and oxygen atoms in total. The smallest absolute Gasteiger partial charge is 0.338 e. The van der Waals surface area contributed by atoms with Crippen LogP contribution in [0.5, 0.6) is 0 Å². The summed E-state index contributed by atoms with van der Waals surface area (Å²) in [5.41, 5.74) is 4.46. The second-order valence-corrected chi connectivity index (χ2v) is 7.07. The summed E-state index contributed by atoms with van der Waals surface area (Å²) >= 11 is 3.36. The van der Waals surface area contributed by atoms with Gasteiger partial charge in [0, 0.05) is 15.7 Å². The van der Waals surface area contributed by atoms with Crippen molar-refractivity contribution in [3.8, 4) is 11.3 Å². The molecule has 154 valence electrons. The average molecular weight is 470 g/mol. The average Bonchev–Trinajstić information content (AvgIpc) is 3.23. The largest absolute Gasteiger partial charge is 0.462 e. The number of furan rings is 1. The number of halogens is 1. The summed E-state index contributed by atoms with van der Waals surface area (Å²) in [6, 6.07) is 18.0. The molecule has 0 radical (unpaired) electrons. The molecular weight excluding hydrogens is 450 g/mol. The lowest BCUT2D eigenvalue weighted by molar-refractivity contribution is -0.119. The SMILES string of the molecule is CCOC(=O)c1cccc(-c2ccc(/C=N\NC(=O)CNc3ccc(Br)cc3)o2)c1. The molecule has 2 N–H and O–H groups in total. The quantitative estimate of drug-likeness (QED) is 0.288. The Morgan fingerprint density at radius 3 is 2.70 bits per heavy atom. The summed E-state index contributed by atoms with van der Waals surface area (Å²) in [5, 5.41) is 6.91. The highest BCUT2D eigenvalue weighted by molar-refractivity contribution is 9.10. The fraction of sp³-hybridized carbons (Fsp3) is 0.136. The Balaban J connectivity index is 1.54. The van der Waals surface area contributed by atoms with E-state index in [2.05, 4.69) is 31.8 Å². The molecule has 1 heterocycles. The third kappa shape index (κ3) is 6.05. The maximum Gasteiger partial charge on any atom is 0.338 e. The molecule has 1 aromatic heterocycles. The van der Waals surface area contributed by atoms with E-state index in [1.54, 1.807) is 37.3 Å². The summed E-state index contributed by atoms with van der Waals surface area (Å²) in [5.74, 6) is 0.369. The molecule has 0 atom stereocenters. The number of hydrazone groups is 1. The van der Waals surface area contributed by atoms with E-state index in [1.165, 1.54) is 6.21 Å². The van der Waals surface area contributed by atoms with Gasteiger partial charge < -0.3 is 14.5 Å². The van der Waals surface area contributed by atoms with E-state index in [0.717, 1.165) is 15.7 Å². The van der Waals surface area contributed by atoms with Crippen LogP contribution in [0.15, 0.2) is 74.7 Å². The molecule has 2 aromatic carbocycles. The van der Waals surface area contributed by atoms with Crippen LogP contribution >= 0.6 is 15.9 Å². The van der Waals surface area contributed by atoms with Crippen LogP contribution in [0.1, 0.15) is 23.0 Å². The van der Waals surface area contributed by atoms with Crippen LogP contribution in [0.25, 0.3) is 11.3 Å². The summed E-state index contributed by atoms with van der Waals surface area (Å²) in [6.45, 7) is 2.16. The van der Waals surface area contributed by atoms with Gasteiger partial charge in [-0.15, -0.1) is 0 Å². The molecule has 0 spiro atoms. The molecule has 3 rings (SSSR count). The van der Waals surface area contributed by atoms with Gasteiger partial charge in [-0.1, -0.05) is 28.1 Å². The van der Waals surface area contributed by atoms with Gasteiger partial charge in [0.25, 0.3) is 5.91 Å². The second-order valence-electron chi connectivity index (χ2n) is 6.16. The van der Waals surface area contributed by atoms with Crippen LogP contribution in [-0.2, 0) is 9.53 Å². The molecule has 0 aliphatic rings. The fourth-order valence-corrected chi connectivity index (χ4v) is 2.81. The molecule has 0 saturated heterocycles. The minimum Gasteiger partial charge on any atom is -0.462 e. The van der Waals surface area contributed by atoms with E-state index in [9.17, 15) is 9.59 Å². The van der Waals surface area contributed by atoms with Gasteiger partial charge in [0.15, 0.2) is 0 Å². The summed E-state index contributed by atoms with van der Waals surface area (Å²) in [6.07, 6.45) is 1.41. The van der Waals surface area contributed by atoms with E-state index in [1.807, 2.05) is 30.3 Å². The number of carbonyl (C=O) groups excluding carboxylic acids is 2. The second kappa shape index (κ2) is 10.4. The number of carbonyl (C=O) groups is 2. The van der Waals surface area contributed by atoms with Crippen molar-refractivity contribution in [3.63, 3.8) is 0 Å². The van der Waals surface area contributed by atoms with E-state index < -0.39 is 0 Å². The minimum absolute atomic E-state index is 0.0863. The molecule has 0 unspecified atom stereocenters. The Morgan fingerprint density at radius 1 is 1.13 bits per heavy atom. The van der Waals surface area contributed by atoms with Gasteiger partial charge in [0.2, 0.25) is 0 Å². The standard InChI is InChI=1S/C22H20BrN3O4/c1-2-29-22(28)16-5-3-4-15(12-16)20-11-10-19(30-20)13-25-26-21(27)14-24-18-8-6-17(23)7-9-18/h3-13,24H,2,14H2,1H3,(H,26,27)/b25-13-. The molecule has 0 aliphatic carbocycles. The molecular formula is C22H20BrN3O4. The molecule has 0 saturated carbocycles. The van der Waals surface area contributed by atoms with Crippen LogP contribution in [-0.4, -0.2) is 31.2 Å². The molecule has 0 bridgehead atoms. The van der Waals surface area contributed by atoms with Crippen molar-refractivity contribution in [2.45, 2.75) is 6.92 Å². The normalized spacial score (nSPS) is 10.7. The molecule has 1 amide bonds. The Bertz CT molecular complexity index is 1040. The van der Waals surface area contributed by atoms with E-state index >= 15 is 0 Å². The summed E-state index contributed by atoms with van der Waals surface area (Å²) in [4.78, 5) is 23.8. The lowest BCUT2D eigenvalue weighted by Gasteiger charge is -2.04. The zero-order valence-electron chi connectivity index (χ0n) is 16.2. The van der Waals surface area contributed by atoms with Crippen LogP contribution < -0.4 is 10.7 Å². The first-order valence-electron chi connectivity index (χ1n) is 9.24. The van der Waals surface area contributed by atoms with Crippen molar-refractivity contribution in [2.24, 2.45) is 5.10 Å². The van der Waals surface area contributed by atoms with Gasteiger partial charge >= 0.3 is 5.97 Å². The number of ether oxygens (including phenoxy) is 1. The fourth-order valence-electron chi connectivity index (χ4n) is 2.55. The monoisotopic (exact) mass is 469 g/mol. The van der Waals surface area contributed by atoms with Crippen LogP contribution in [0.2, 0.25) is 0 Å². The zero-order chi connectivity index (χ0) is 21.3. The maximum atomic E-state index is 11.9. The van der Waals surface area contributed by atoms with Gasteiger partial charge in [0.1, 0.15) is 11.5 Å². The van der Waals surface area contributed by atoms with E-state index in [-0.39, 0.29) is 18.4 Å². The summed E-state index contributed by atoms with van der Waals surface area (Å²) in [7, 11) is 0. The number of esters is 1. The molecule has 3 aromatic rings. The molecule has 30 heavy (non-hydrogen) atoms. The Hall–Kier alpha value is -3.39. The van der Waals surface area contributed by atoms with Gasteiger partial charge in [-0.2, -0.15) is 5.10 Å². The van der Waals surface area contributed by atoms with Crippen LogP contribution in [0.4, 0.5) is 5.69 Å². The lowest BCUT2D eigenvalue weighted by Crippen LogP contribution is -2.25. The first-order valence-corrected chi connectivity index (χ1v) is 10.0. The number of nitrogens with zero attached hydrogens (tertiary/aromatic N) is 1. The Labute approximate surface area is 182 Å². The van der Waals surface area contributed by atoms with Gasteiger partial charge in [-0.05, 0) is 55.5 Å². The third-order valence-corrected chi connectivity index (χ3v) is 4.49. The molecule has 8 heteroatoms. The van der Waals surface area contributed by atoms with Crippen LogP contribution in [0.3, 0.4) is 0 Å². The van der Waals surface area contributed by atoms with E-state index in [0.29, 0.717) is 23.7 Å². The van der Waals surface area contributed by atoms with Crippen molar-refractivity contribution in [1.29, 1.82) is 0 Å². The Kier molecular flexibility index (Phi) is 7.40. The van der Waals surface area contributed by atoms with Crippen molar-refractivity contribution in [2.75, 3.05) is 18.5 Å². The highest BCUT2D eigenvalue weighted by Crippen LogP contribution is 2.23. The van der Waals surface area contributed by atoms with E-state index in [4.69, 9.17) is 9.15 Å². The van der Waals surface area contributed by atoms with Gasteiger partial charge in [0.05, 0.1) is 24.9 Å². The predicted octanol–water partition coefficient (Wildman–Crippen LogP) is 4.45. The number of benzene rings is 2. The first kappa shape index (κ1) is 21.3. The van der Waals surface area contributed by atoms with Gasteiger partial charge in [-0.25, -0.2) is 10.2 Å². The molecule has 0 fully saturated rings. The predicted molar refractivity (Wildman–Crippen MR) is 118 cm³/mol.